The number of nitrogens with two attached hydrogens (primary N) is 1. The molecule has 3 N–H and O–H groups in total. The molecular formula is C12H22N4O2. The maximum atomic E-state index is 12.3. The standard InChI is InChI=1S/C12H22N4O2/c1-15-6-3-9(7-15)8-16(2)11(17)12(4-5-12)10(13)14-18/h9,18H,3-8H2,1-2H3,(H2,13,14). The summed E-state index contributed by atoms with van der Waals surface area (Å²) in [5.41, 5.74) is 4.91. The first-order valence-corrected chi connectivity index (χ1v) is 6.41. The van der Waals surface area contributed by atoms with Crippen molar-refractivity contribution in [3.05, 3.63) is 0 Å². The lowest BCUT2D eigenvalue weighted by Gasteiger charge is -2.25. The Hall–Kier alpha value is -1.30. The van der Waals surface area contributed by atoms with Gasteiger partial charge in [0, 0.05) is 20.1 Å². The molecule has 1 atom stereocenters. The van der Waals surface area contributed by atoms with Crippen LogP contribution in [0, 0.1) is 11.3 Å². The molecular weight excluding hydrogens is 232 g/mol. The average molecular weight is 254 g/mol. The molecule has 18 heavy (non-hydrogen) atoms. The van der Waals surface area contributed by atoms with E-state index in [1.807, 2.05) is 7.05 Å². The first kappa shape index (κ1) is 13.1. The van der Waals surface area contributed by atoms with Crippen LogP contribution >= 0.6 is 0 Å². The minimum Gasteiger partial charge on any atom is -0.409 e. The minimum absolute atomic E-state index is 0.00708. The summed E-state index contributed by atoms with van der Waals surface area (Å²) in [6, 6.07) is 0. The third kappa shape index (κ3) is 2.29. The molecule has 0 aromatic carbocycles. The summed E-state index contributed by atoms with van der Waals surface area (Å²) < 4.78 is 0. The zero-order valence-corrected chi connectivity index (χ0v) is 11.1. The van der Waals surface area contributed by atoms with Crippen LogP contribution < -0.4 is 5.73 Å². The number of rotatable bonds is 4. The van der Waals surface area contributed by atoms with Crippen molar-refractivity contribution >= 4 is 11.7 Å². The van der Waals surface area contributed by atoms with Crippen LogP contribution in [0.2, 0.25) is 0 Å². The van der Waals surface area contributed by atoms with Crippen LogP contribution in [0.4, 0.5) is 0 Å². The van der Waals surface area contributed by atoms with Gasteiger partial charge in [0.1, 0.15) is 5.41 Å². The number of amidine groups is 1. The van der Waals surface area contributed by atoms with Crippen molar-refractivity contribution < 1.29 is 10.0 Å². The summed E-state index contributed by atoms with van der Waals surface area (Å²) in [4.78, 5) is 16.4. The van der Waals surface area contributed by atoms with Crippen LogP contribution in [0.15, 0.2) is 5.16 Å². The van der Waals surface area contributed by atoms with Crippen molar-refractivity contribution in [3.8, 4) is 0 Å². The Labute approximate surface area is 107 Å². The fraction of sp³-hybridized carbons (Fsp3) is 0.833. The zero-order valence-electron chi connectivity index (χ0n) is 11.1. The van der Waals surface area contributed by atoms with Gasteiger partial charge in [-0.25, -0.2) is 0 Å². The molecule has 0 radical (unpaired) electrons. The van der Waals surface area contributed by atoms with Crippen molar-refractivity contribution in [3.63, 3.8) is 0 Å². The molecule has 2 fully saturated rings. The number of carbonyl (C=O) groups excluding carboxylic acids is 1. The lowest BCUT2D eigenvalue weighted by atomic mass is 10.0. The Morgan fingerprint density at radius 3 is 2.72 bits per heavy atom. The van der Waals surface area contributed by atoms with Crippen molar-refractivity contribution in [2.75, 3.05) is 33.7 Å². The van der Waals surface area contributed by atoms with Crippen molar-refractivity contribution in [2.45, 2.75) is 19.3 Å². The Morgan fingerprint density at radius 1 is 1.61 bits per heavy atom. The molecule has 0 aromatic rings. The average Bonchev–Trinajstić information content (AvgIpc) is 3.07. The molecule has 0 aromatic heterocycles. The second-order valence-electron chi connectivity index (χ2n) is 5.67. The first-order valence-electron chi connectivity index (χ1n) is 6.41. The highest BCUT2D eigenvalue weighted by Gasteiger charge is 2.55. The Kier molecular flexibility index (Phi) is 3.47. The molecule has 1 aliphatic carbocycles. The van der Waals surface area contributed by atoms with Crippen molar-refractivity contribution in [1.82, 2.24) is 9.80 Å². The summed E-state index contributed by atoms with van der Waals surface area (Å²) in [5, 5.41) is 11.8. The van der Waals surface area contributed by atoms with E-state index in [4.69, 9.17) is 10.9 Å². The van der Waals surface area contributed by atoms with Gasteiger partial charge in [-0.3, -0.25) is 4.79 Å². The van der Waals surface area contributed by atoms with E-state index in [0.29, 0.717) is 18.8 Å². The van der Waals surface area contributed by atoms with Crippen LogP contribution in [-0.4, -0.2) is 60.5 Å². The largest absolute Gasteiger partial charge is 0.409 e. The molecule has 1 amide bonds. The molecule has 1 heterocycles. The lowest BCUT2D eigenvalue weighted by Crippen LogP contribution is -2.43. The van der Waals surface area contributed by atoms with E-state index in [0.717, 1.165) is 26.1 Å². The van der Waals surface area contributed by atoms with Gasteiger partial charge in [0.15, 0.2) is 5.84 Å². The molecule has 0 bridgehead atoms. The third-order valence-corrected chi connectivity index (χ3v) is 4.13. The Balaban J connectivity index is 1.93. The van der Waals surface area contributed by atoms with Crippen LogP contribution in [0.25, 0.3) is 0 Å². The lowest BCUT2D eigenvalue weighted by molar-refractivity contribution is -0.133. The van der Waals surface area contributed by atoms with Gasteiger partial charge in [-0.2, -0.15) is 0 Å². The number of carbonyl (C=O) groups is 1. The normalized spacial score (nSPS) is 27.2. The van der Waals surface area contributed by atoms with Crippen LogP contribution in [0.5, 0.6) is 0 Å². The molecule has 1 unspecified atom stereocenters. The summed E-state index contributed by atoms with van der Waals surface area (Å²) in [5.74, 6) is 0.585. The summed E-state index contributed by atoms with van der Waals surface area (Å²) in [7, 11) is 3.91. The monoisotopic (exact) mass is 254 g/mol. The number of amides is 1. The van der Waals surface area contributed by atoms with Crippen molar-refractivity contribution in [2.24, 2.45) is 22.2 Å². The highest BCUT2D eigenvalue weighted by Crippen LogP contribution is 2.47. The van der Waals surface area contributed by atoms with Gasteiger partial charge in [0.25, 0.3) is 0 Å². The molecule has 102 valence electrons. The van der Waals surface area contributed by atoms with Crippen LogP contribution in [0.3, 0.4) is 0 Å². The number of oxime groups is 1. The molecule has 0 spiro atoms. The Morgan fingerprint density at radius 2 is 2.28 bits per heavy atom. The predicted molar refractivity (Wildman–Crippen MR) is 68.3 cm³/mol. The Bertz CT molecular complexity index is 365. The molecule has 2 aliphatic rings. The van der Waals surface area contributed by atoms with Gasteiger partial charge < -0.3 is 20.7 Å². The number of hydrogen-bond acceptors (Lipinski definition) is 4. The number of likely N-dealkylation sites (tertiary alicyclic amines) is 1. The fourth-order valence-electron chi connectivity index (χ4n) is 2.81. The highest BCUT2D eigenvalue weighted by molar-refractivity contribution is 6.09. The molecule has 6 nitrogen and oxygen atoms in total. The van der Waals surface area contributed by atoms with Crippen molar-refractivity contribution in [1.29, 1.82) is 0 Å². The molecule has 1 saturated carbocycles. The second-order valence-corrected chi connectivity index (χ2v) is 5.67. The van der Waals surface area contributed by atoms with E-state index in [-0.39, 0.29) is 11.7 Å². The SMILES string of the molecule is CN1CCC(CN(C)C(=O)C2(C(N)=NO)CC2)C1. The van der Waals surface area contributed by atoms with Gasteiger partial charge in [-0.1, -0.05) is 5.16 Å². The quantitative estimate of drug-likeness (QED) is 0.318. The zero-order chi connectivity index (χ0) is 13.3. The molecule has 2 rings (SSSR count). The van der Waals surface area contributed by atoms with E-state index in [9.17, 15) is 4.79 Å². The summed E-state index contributed by atoms with van der Waals surface area (Å²) >= 11 is 0. The minimum atomic E-state index is -0.714. The van der Waals surface area contributed by atoms with E-state index >= 15 is 0 Å². The smallest absolute Gasteiger partial charge is 0.236 e. The van der Waals surface area contributed by atoms with Crippen LogP contribution in [-0.2, 0) is 4.79 Å². The van der Waals surface area contributed by atoms with E-state index < -0.39 is 5.41 Å². The topological polar surface area (TPSA) is 82.2 Å². The maximum absolute atomic E-state index is 12.3. The van der Waals surface area contributed by atoms with E-state index in [2.05, 4.69) is 17.1 Å². The molecule has 6 heteroatoms. The van der Waals surface area contributed by atoms with E-state index in [1.165, 1.54) is 0 Å². The number of hydrogen-bond donors (Lipinski definition) is 2. The second kappa shape index (κ2) is 4.76. The first-order chi connectivity index (χ1) is 8.49. The van der Waals surface area contributed by atoms with Gasteiger partial charge in [-0.05, 0) is 38.8 Å². The summed E-state index contributed by atoms with van der Waals surface area (Å²) in [6.07, 6.45) is 2.51. The van der Waals surface area contributed by atoms with Crippen LogP contribution in [0.1, 0.15) is 19.3 Å². The number of nitrogens with zero attached hydrogens (tertiary/aromatic N) is 3. The molecule has 1 aliphatic heterocycles. The highest BCUT2D eigenvalue weighted by atomic mass is 16.4. The fourth-order valence-corrected chi connectivity index (χ4v) is 2.81. The third-order valence-electron chi connectivity index (χ3n) is 4.13. The predicted octanol–water partition coefficient (Wildman–Crippen LogP) is -0.0769. The van der Waals surface area contributed by atoms with Gasteiger partial charge in [-0.15, -0.1) is 0 Å². The van der Waals surface area contributed by atoms with Gasteiger partial charge in [0.05, 0.1) is 0 Å². The summed E-state index contributed by atoms with van der Waals surface area (Å²) in [6.45, 7) is 2.88. The molecule has 1 saturated heterocycles. The van der Waals surface area contributed by atoms with Gasteiger partial charge in [0.2, 0.25) is 5.91 Å². The van der Waals surface area contributed by atoms with Gasteiger partial charge >= 0.3 is 0 Å². The van der Waals surface area contributed by atoms with E-state index in [1.54, 1.807) is 4.90 Å². The maximum Gasteiger partial charge on any atom is 0.236 e.